The van der Waals surface area contributed by atoms with E-state index in [2.05, 4.69) is 21.2 Å². The van der Waals surface area contributed by atoms with Gasteiger partial charge >= 0.3 is 5.97 Å². The monoisotopic (exact) mass is 415 g/mol. The first-order chi connectivity index (χ1) is 12.3. The lowest BCUT2D eigenvalue weighted by atomic mass is 10.1. The Bertz CT molecular complexity index is 860. The molecule has 2 rings (SSSR count). The van der Waals surface area contributed by atoms with Crippen molar-refractivity contribution < 1.29 is 19.1 Å². The summed E-state index contributed by atoms with van der Waals surface area (Å²) in [6, 6.07) is 14.0. The second-order valence-electron chi connectivity index (χ2n) is 5.59. The summed E-state index contributed by atoms with van der Waals surface area (Å²) in [5, 5.41) is 2.62. The van der Waals surface area contributed by atoms with Crippen molar-refractivity contribution in [3.8, 4) is 0 Å². The summed E-state index contributed by atoms with van der Waals surface area (Å²) in [6.07, 6.45) is 1.89. The normalized spacial score (nSPS) is 11.8. The summed E-state index contributed by atoms with van der Waals surface area (Å²) >= 11 is 3.35. The van der Waals surface area contributed by atoms with E-state index in [4.69, 9.17) is 4.74 Å². The van der Waals surface area contributed by atoms with E-state index in [1.54, 1.807) is 30.3 Å². The Kier molecular flexibility index (Phi) is 6.86. The van der Waals surface area contributed by atoms with Gasteiger partial charge in [0.05, 0.1) is 0 Å². The number of nitrogens with one attached hydrogen (secondary N) is 1. The van der Waals surface area contributed by atoms with Gasteiger partial charge in [0, 0.05) is 21.8 Å². The molecule has 134 valence electrons. The Morgan fingerprint density at radius 3 is 2.54 bits per heavy atom. The van der Waals surface area contributed by atoms with Crippen LogP contribution in [0.5, 0.6) is 0 Å². The van der Waals surface area contributed by atoms with Gasteiger partial charge in [0.1, 0.15) is 0 Å². The predicted molar refractivity (Wildman–Crippen MR) is 104 cm³/mol. The summed E-state index contributed by atoms with van der Waals surface area (Å²) in [5.41, 5.74) is 1.79. The fraction of sp³-hybridized carbons (Fsp3) is 0.150. The topological polar surface area (TPSA) is 72.5 Å². The van der Waals surface area contributed by atoms with E-state index in [1.165, 1.54) is 19.9 Å². The minimum Gasteiger partial charge on any atom is -0.449 e. The van der Waals surface area contributed by atoms with Crippen LogP contribution in [0.15, 0.2) is 59.1 Å². The van der Waals surface area contributed by atoms with Crippen molar-refractivity contribution >= 4 is 45.4 Å². The number of ketones is 1. The smallest absolute Gasteiger partial charge is 0.331 e. The molecule has 2 aromatic rings. The van der Waals surface area contributed by atoms with Gasteiger partial charge in [-0.3, -0.25) is 9.59 Å². The number of rotatable bonds is 6. The van der Waals surface area contributed by atoms with Gasteiger partial charge in [0.25, 0.3) is 5.91 Å². The quantitative estimate of drug-likeness (QED) is 0.435. The molecule has 6 heteroatoms. The van der Waals surface area contributed by atoms with Gasteiger partial charge in [-0.1, -0.05) is 40.2 Å². The van der Waals surface area contributed by atoms with Crippen LogP contribution in [0.3, 0.4) is 0 Å². The van der Waals surface area contributed by atoms with Crippen molar-refractivity contribution in [1.82, 2.24) is 0 Å². The van der Waals surface area contributed by atoms with Gasteiger partial charge in [-0.2, -0.15) is 0 Å². The summed E-state index contributed by atoms with van der Waals surface area (Å²) < 4.78 is 5.99. The molecule has 26 heavy (non-hydrogen) atoms. The highest BCUT2D eigenvalue weighted by atomic mass is 79.9. The fourth-order valence-corrected chi connectivity index (χ4v) is 2.52. The van der Waals surface area contributed by atoms with Crippen LogP contribution in [0.4, 0.5) is 5.69 Å². The van der Waals surface area contributed by atoms with E-state index in [9.17, 15) is 14.4 Å². The minimum absolute atomic E-state index is 0.0988. The summed E-state index contributed by atoms with van der Waals surface area (Å²) in [5.74, 6) is -1.20. The maximum Gasteiger partial charge on any atom is 0.331 e. The average Bonchev–Trinajstić information content (AvgIpc) is 2.60. The van der Waals surface area contributed by atoms with Gasteiger partial charge in [0.2, 0.25) is 0 Å². The van der Waals surface area contributed by atoms with E-state index in [-0.39, 0.29) is 5.78 Å². The first kappa shape index (κ1) is 19.6. The molecule has 2 aromatic carbocycles. The highest BCUT2D eigenvalue weighted by Gasteiger charge is 2.17. The molecule has 0 aliphatic carbocycles. The van der Waals surface area contributed by atoms with Crippen molar-refractivity contribution in [2.24, 2.45) is 0 Å². The van der Waals surface area contributed by atoms with Crippen LogP contribution in [0, 0.1) is 0 Å². The van der Waals surface area contributed by atoms with E-state index >= 15 is 0 Å². The van der Waals surface area contributed by atoms with Crippen LogP contribution >= 0.6 is 15.9 Å². The zero-order valence-corrected chi connectivity index (χ0v) is 15.9. The molecule has 0 saturated heterocycles. The highest BCUT2D eigenvalue weighted by molar-refractivity contribution is 9.10. The molecular formula is C20H18BrNO4. The zero-order chi connectivity index (χ0) is 19.1. The number of carbonyl (C=O) groups excluding carboxylic acids is 3. The SMILES string of the molecule is CC(=O)c1cccc(NC(=O)C(C)OC(=O)/C=C/c2cccc(Br)c2)c1. The maximum absolute atomic E-state index is 12.1. The largest absolute Gasteiger partial charge is 0.449 e. The van der Waals surface area contributed by atoms with E-state index in [1.807, 2.05) is 24.3 Å². The van der Waals surface area contributed by atoms with E-state index in [0.29, 0.717) is 11.3 Å². The average molecular weight is 416 g/mol. The van der Waals surface area contributed by atoms with Crippen LogP contribution in [-0.4, -0.2) is 23.8 Å². The first-order valence-corrected chi connectivity index (χ1v) is 8.70. The van der Waals surface area contributed by atoms with Gasteiger partial charge in [-0.25, -0.2) is 4.79 Å². The van der Waals surface area contributed by atoms with Crippen molar-refractivity contribution in [2.75, 3.05) is 5.32 Å². The van der Waals surface area contributed by atoms with Crippen LogP contribution in [-0.2, 0) is 14.3 Å². The van der Waals surface area contributed by atoms with Crippen LogP contribution in [0.1, 0.15) is 29.8 Å². The van der Waals surface area contributed by atoms with Crippen molar-refractivity contribution in [1.29, 1.82) is 0 Å². The third-order valence-corrected chi connectivity index (χ3v) is 3.95. The van der Waals surface area contributed by atoms with Crippen molar-refractivity contribution in [3.05, 3.63) is 70.2 Å². The van der Waals surface area contributed by atoms with E-state index < -0.39 is 18.0 Å². The third kappa shape index (κ3) is 5.97. The molecule has 1 N–H and O–H groups in total. The lowest BCUT2D eigenvalue weighted by Gasteiger charge is -2.12. The molecule has 0 radical (unpaired) electrons. The lowest BCUT2D eigenvalue weighted by Crippen LogP contribution is -2.29. The number of ether oxygens (including phenoxy) is 1. The molecule has 0 bridgehead atoms. The number of hydrogen-bond acceptors (Lipinski definition) is 4. The number of anilines is 1. The molecule has 0 saturated carbocycles. The molecule has 0 spiro atoms. The second kappa shape index (κ2) is 9.10. The number of esters is 1. The molecule has 0 fully saturated rings. The minimum atomic E-state index is -0.976. The molecule has 0 aromatic heterocycles. The highest BCUT2D eigenvalue weighted by Crippen LogP contribution is 2.14. The fourth-order valence-electron chi connectivity index (χ4n) is 2.10. The van der Waals surface area contributed by atoms with Gasteiger partial charge in [-0.05, 0) is 49.8 Å². The Hall–Kier alpha value is -2.73. The number of Topliss-reactive ketones (excluding diaryl/α,β-unsaturated/α-hetero) is 1. The maximum atomic E-state index is 12.1. The van der Waals surface area contributed by atoms with Gasteiger partial charge in [0.15, 0.2) is 11.9 Å². The van der Waals surface area contributed by atoms with Crippen LogP contribution < -0.4 is 5.32 Å². The molecule has 5 nitrogen and oxygen atoms in total. The van der Waals surface area contributed by atoms with Crippen LogP contribution in [0.2, 0.25) is 0 Å². The van der Waals surface area contributed by atoms with Crippen LogP contribution in [0.25, 0.3) is 6.08 Å². The Balaban J connectivity index is 1.93. The number of amides is 1. The number of carbonyl (C=O) groups is 3. The Labute approximate surface area is 160 Å². The van der Waals surface area contributed by atoms with Gasteiger partial charge < -0.3 is 10.1 Å². The molecule has 0 aliphatic heterocycles. The Morgan fingerprint density at radius 1 is 1.12 bits per heavy atom. The Morgan fingerprint density at radius 2 is 1.85 bits per heavy atom. The standard InChI is InChI=1S/C20H18BrNO4/c1-13(23)16-6-4-8-18(12-16)22-20(25)14(2)26-19(24)10-9-15-5-3-7-17(21)11-15/h3-12,14H,1-2H3,(H,22,25)/b10-9+. The molecular weight excluding hydrogens is 398 g/mol. The summed E-state index contributed by atoms with van der Waals surface area (Å²) in [6.45, 7) is 2.93. The number of hydrogen-bond donors (Lipinski definition) is 1. The number of benzene rings is 2. The third-order valence-electron chi connectivity index (χ3n) is 3.46. The predicted octanol–water partition coefficient (Wildman–Crippen LogP) is 4.24. The first-order valence-electron chi connectivity index (χ1n) is 7.91. The van der Waals surface area contributed by atoms with Crippen molar-refractivity contribution in [3.63, 3.8) is 0 Å². The molecule has 1 unspecified atom stereocenters. The summed E-state index contributed by atoms with van der Waals surface area (Å²) in [4.78, 5) is 35.4. The second-order valence-corrected chi connectivity index (χ2v) is 6.51. The number of halogens is 1. The summed E-state index contributed by atoms with van der Waals surface area (Å²) in [7, 11) is 0. The molecule has 0 aliphatic rings. The lowest BCUT2D eigenvalue weighted by molar-refractivity contribution is -0.148. The molecule has 1 atom stereocenters. The van der Waals surface area contributed by atoms with E-state index in [0.717, 1.165) is 10.0 Å². The van der Waals surface area contributed by atoms with Gasteiger partial charge in [-0.15, -0.1) is 0 Å². The zero-order valence-electron chi connectivity index (χ0n) is 14.4. The molecule has 0 heterocycles. The molecule has 1 amide bonds. The van der Waals surface area contributed by atoms with Crippen molar-refractivity contribution in [2.45, 2.75) is 20.0 Å².